The molecule has 0 saturated carbocycles. The van der Waals surface area contributed by atoms with Gasteiger partial charge in [-0.15, -0.1) is 0 Å². The molecule has 0 aliphatic rings. The average Bonchev–Trinajstić information content (AvgIpc) is 2.36. The molecule has 0 heterocycles. The molecule has 0 spiro atoms. The Morgan fingerprint density at radius 3 is 1.00 bits per heavy atom. The van der Waals surface area contributed by atoms with Gasteiger partial charge >= 0.3 is 0 Å². The van der Waals surface area contributed by atoms with Crippen LogP contribution in [0.4, 0.5) is 0 Å². The first-order valence-electron chi connectivity index (χ1n) is 5.56. The van der Waals surface area contributed by atoms with Crippen molar-refractivity contribution in [3.05, 3.63) is 60.7 Å². The van der Waals surface area contributed by atoms with Crippen molar-refractivity contribution < 1.29 is 17.1 Å². The van der Waals surface area contributed by atoms with E-state index in [0.717, 1.165) is 0 Å². The maximum atomic E-state index is 2.21. The van der Waals surface area contributed by atoms with E-state index in [2.05, 4.69) is 60.7 Å². The van der Waals surface area contributed by atoms with E-state index in [-0.39, 0.29) is 17.1 Å². The largest absolute Gasteiger partial charge is 0.0610 e. The van der Waals surface area contributed by atoms with Crippen LogP contribution in [0.15, 0.2) is 60.7 Å². The second-order valence-electron chi connectivity index (χ2n) is 4.29. The van der Waals surface area contributed by atoms with Crippen molar-refractivity contribution in [3.63, 3.8) is 0 Å². The van der Waals surface area contributed by atoms with Gasteiger partial charge in [0, 0.05) is 17.1 Å². The SMILES string of the molecule is [Fe].c1cc2ccc3cccc4ccc(c1)c2c34. The molecule has 0 saturated heterocycles. The van der Waals surface area contributed by atoms with Crippen LogP contribution in [0.25, 0.3) is 32.3 Å². The maximum absolute atomic E-state index is 2.21. The van der Waals surface area contributed by atoms with E-state index in [9.17, 15) is 0 Å². The van der Waals surface area contributed by atoms with Crippen LogP contribution >= 0.6 is 0 Å². The van der Waals surface area contributed by atoms with Crippen molar-refractivity contribution in [1.82, 2.24) is 0 Å². The second kappa shape index (κ2) is 3.73. The summed E-state index contributed by atoms with van der Waals surface area (Å²) in [5.41, 5.74) is 0. The van der Waals surface area contributed by atoms with Crippen LogP contribution in [0.2, 0.25) is 0 Å². The molecule has 0 aromatic heterocycles. The molecule has 0 nitrogen and oxygen atoms in total. The fraction of sp³-hybridized carbons (Fsp3) is 0. The van der Waals surface area contributed by atoms with Gasteiger partial charge in [0.2, 0.25) is 0 Å². The first-order chi connectivity index (χ1) is 7.93. The Morgan fingerprint density at radius 2 is 0.706 bits per heavy atom. The molecule has 0 amide bonds. The molecule has 4 aromatic rings. The third-order valence-corrected chi connectivity index (χ3v) is 3.39. The maximum Gasteiger partial charge on any atom is 0 e. The van der Waals surface area contributed by atoms with Gasteiger partial charge in [0.15, 0.2) is 0 Å². The topological polar surface area (TPSA) is 0 Å². The Kier molecular flexibility index (Phi) is 2.32. The molecule has 0 aliphatic carbocycles. The minimum Gasteiger partial charge on any atom is -0.0610 e. The van der Waals surface area contributed by atoms with Gasteiger partial charge in [0.1, 0.15) is 0 Å². The molecule has 17 heavy (non-hydrogen) atoms. The molecule has 1 heteroatoms. The first-order valence-corrected chi connectivity index (χ1v) is 5.56. The van der Waals surface area contributed by atoms with Gasteiger partial charge in [-0.3, -0.25) is 0 Å². The zero-order valence-corrected chi connectivity index (χ0v) is 10.2. The Balaban J connectivity index is 0.000000902. The van der Waals surface area contributed by atoms with E-state index in [1.807, 2.05) is 0 Å². The predicted octanol–water partition coefficient (Wildman–Crippen LogP) is 4.58. The van der Waals surface area contributed by atoms with Gasteiger partial charge in [-0.1, -0.05) is 60.7 Å². The summed E-state index contributed by atoms with van der Waals surface area (Å²) in [4.78, 5) is 0. The minimum absolute atomic E-state index is 0. The number of hydrogen-bond donors (Lipinski definition) is 0. The molecule has 0 fully saturated rings. The smallest absolute Gasteiger partial charge is 0 e. The third kappa shape index (κ3) is 1.37. The minimum atomic E-state index is 0. The molecule has 4 aromatic carbocycles. The summed E-state index contributed by atoms with van der Waals surface area (Å²) >= 11 is 0. The second-order valence-corrected chi connectivity index (χ2v) is 4.29. The van der Waals surface area contributed by atoms with E-state index in [1.165, 1.54) is 32.3 Å². The van der Waals surface area contributed by atoms with Gasteiger partial charge in [-0.2, -0.15) is 0 Å². The summed E-state index contributed by atoms with van der Waals surface area (Å²) in [5.74, 6) is 0. The van der Waals surface area contributed by atoms with Crippen molar-refractivity contribution in [2.24, 2.45) is 0 Å². The standard InChI is InChI=1S/C16H10.Fe/c1-3-11-7-9-13-5-2-6-14-10-8-12(4-1)15(11)16(13)14;/h1-10H;. The van der Waals surface area contributed by atoms with E-state index in [4.69, 9.17) is 0 Å². The van der Waals surface area contributed by atoms with Crippen LogP contribution in [0.5, 0.6) is 0 Å². The summed E-state index contributed by atoms with van der Waals surface area (Å²) in [5, 5.41) is 8.14. The van der Waals surface area contributed by atoms with Gasteiger partial charge in [-0.25, -0.2) is 0 Å². The van der Waals surface area contributed by atoms with Gasteiger partial charge in [0.25, 0.3) is 0 Å². The molecule has 0 radical (unpaired) electrons. The third-order valence-electron chi connectivity index (χ3n) is 3.39. The van der Waals surface area contributed by atoms with E-state index in [0.29, 0.717) is 0 Å². The van der Waals surface area contributed by atoms with Crippen LogP contribution in [0.3, 0.4) is 0 Å². The van der Waals surface area contributed by atoms with Crippen molar-refractivity contribution >= 4 is 32.3 Å². The summed E-state index contributed by atoms with van der Waals surface area (Å²) in [6.07, 6.45) is 0. The molecule has 82 valence electrons. The summed E-state index contributed by atoms with van der Waals surface area (Å²) in [6.45, 7) is 0. The van der Waals surface area contributed by atoms with Crippen molar-refractivity contribution in [2.75, 3.05) is 0 Å². The Labute approximate surface area is 110 Å². The van der Waals surface area contributed by atoms with Crippen LogP contribution in [-0.4, -0.2) is 0 Å². The molecule has 4 rings (SSSR count). The van der Waals surface area contributed by atoms with E-state index < -0.39 is 0 Å². The monoisotopic (exact) mass is 258 g/mol. The molecular formula is C16H10Fe. The summed E-state index contributed by atoms with van der Waals surface area (Å²) < 4.78 is 0. The molecule has 0 atom stereocenters. The van der Waals surface area contributed by atoms with Crippen LogP contribution in [-0.2, 0) is 17.1 Å². The van der Waals surface area contributed by atoms with Gasteiger partial charge in [0.05, 0.1) is 0 Å². The molecular weight excluding hydrogens is 248 g/mol. The molecule has 0 N–H and O–H groups in total. The first kappa shape index (κ1) is 10.6. The zero-order chi connectivity index (χ0) is 10.5. The number of hydrogen-bond acceptors (Lipinski definition) is 0. The fourth-order valence-corrected chi connectivity index (χ4v) is 2.67. The Morgan fingerprint density at radius 1 is 0.412 bits per heavy atom. The number of rotatable bonds is 0. The summed E-state index contributed by atoms with van der Waals surface area (Å²) in [6, 6.07) is 21.9. The van der Waals surface area contributed by atoms with Gasteiger partial charge in [-0.05, 0) is 32.3 Å². The van der Waals surface area contributed by atoms with E-state index in [1.54, 1.807) is 0 Å². The van der Waals surface area contributed by atoms with Crippen molar-refractivity contribution in [1.29, 1.82) is 0 Å². The number of benzene rings is 4. The Hall–Kier alpha value is -1.56. The quantitative estimate of drug-likeness (QED) is 0.320. The average molecular weight is 258 g/mol. The fourth-order valence-electron chi connectivity index (χ4n) is 2.67. The van der Waals surface area contributed by atoms with Gasteiger partial charge < -0.3 is 0 Å². The normalized spacial score (nSPS) is 11.1. The van der Waals surface area contributed by atoms with Crippen molar-refractivity contribution in [2.45, 2.75) is 0 Å². The van der Waals surface area contributed by atoms with Crippen LogP contribution < -0.4 is 0 Å². The van der Waals surface area contributed by atoms with Crippen molar-refractivity contribution in [3.8, 4) is 0 Å². The van der Waals surface area contributed by atoms with E-state index >= 15 is 0 Å². The van der Waals surface area contributed by atoms with Crippen LogP contribution in [0, 0.1) is 0 Å². The molecule has 0 aliphatic heterocycles. The van der Waals surface area contributed by atoms with Crippen LogP contribution in [0.1, 0.15) is 0 Å². The summed E-state index contributed by atoms with van der Waals surface area (Å²) in [7, 11) is 0. The molecule has 0 bridgehead atoms. The predicted molar refractivity (Wildman–Crippen MR) is 70.1 cm³/mol. The molecule has 0 unspecified atom stereocenters. The zero-order valence-electron chi connectivity index (χ0n) is 9.13. The Bertz CT molecular complexity index is 672.